The lowest BCUT2D eigenvalue weighted by Gasteiger charge is -2.04. The topological polar surface area (TPSA) is 59.7 Å². The maximum absolute atomic E-state index is 11.2. The fraction of sp³-hybridized carbons (Fsp3) is 0. The summed E-state index contributed by atoms with van der Waals surface area (Å²) in [4.78, 5) is 11.2. The largest absolute Gasteiger partial charge is 0.475 e. The van der Waals surface area contributed by atoms with E-state index < -0.39 is 5.97 Å². The van der Waals surface area contributed by atoms with Crippen LogP contribution in [0.4, 0.5) is 0 Å². The molecule has 0 bridgehead atoms. The van der Waals surface area contributed by atoms with Crippen LogP contribution in [0.15, 0.2) is 59.0 Å². The van der Waals surface area contributed by atoms with E-state index in [2.05, 4.69) is 0 Å². The minimum absolute atomic E-state index is 0.190. The molecular weight excluding hydrogens is 244 g/mol. The van der Waals surface area contributed by atoms with Crippen LogP contribution in [0, 0.1) is 0 Å². The Hall–Kier alpha value is -2.75. The zero-order valence-corrected chi connectivity index (χ0v) is 9.87. The SMILES string of the molecule is O=C(O)c1oc2ccccc2c1Oc1ccccc1. The van der Waals surface area contributed by atoms with Gasteiger partial charge < -0.3 is 14.3 Å². The van der Waals surface area contributed by atoms with Crippen LogP contribution < -0.4 is 4.74 Å². The summed E-state index contributed by atoms with van der Waals surface area (Å²) >= 11 is 0. The molecule has 1 heterocycles. The molecule has 0 aliphatic rings. The predicted octanol–water partition coefficient (Wildman–Crippen LogP) is 3.92. The number of para-hydroxylation sites is 2. The van der Waals surface area contributed by atoms with E-state index in [0.717, 1.165) is 0 Å². The minimum atomic E-state index is -1.15. The monoisotopic (exact) mass is 254 g/mol. The second-order valence-electron chi connectivity index (χ2n) is 3.98. The molecule has 4 heteroatoms. The van der Waals surface area contributed by atoms with E-state index in [0.29, 0.717) is 16.7 Å². The molecule has 0 unspecified atom stereocenters. The summed E-state index contributed by atoms with van der Waals surface area (Å²) in [5.41, 5.74) is 0.492. The zero-order valence-electron chi connectivity index (χ0n) is 9.87. The summed E-state index contributed by atoms with van der Waals surface area (Å²) in [5.74, 6) is -0.543. The van der Waals surface area contributed by atoms with Crippen LogP contribution in [-0.4, -0.2) is 11.1 Å². The maximum atomic E-state index is 11.2. The van der Waals surface area contributed by atoms with Gasteiger partial charge in [-0.05, 0) is 24.3 Å². The standard InChI is InChI=1S/C15H10O4/c16-15(17)14-13(18-10-6-2-1-3-7-10)11-8-4-5-9-12(11)19-14/h1-9H,(H,16,17). The number of furan rings is 1. The highest BCUT2D eigenvalue weighted by Crippen LogP contribution is 2.36. The molecule has 0 saturated heterocycles. The summed E-state index contributed by atoms with van der Waals surface area (Å²) in [6.07, 6.45) is 0. The van der Waals surface area contributed by atoms with Crippen molar-refractivity contribution in [2.45, 2.75) is 0 Å². The van der Waals surface area contributed by atoms with Gasteiger partial charge in [0.25, 0.3) is 5.76 Å². The average Bonchev–Trinajstić information content (AvgIpc) is 2.79. The molecule has 0 atom stereocenters. The number of hydrogen-bond acceptors (Lipinski definition) is 3. The first-order valence-electron chi connectivity index (χ1n) is 5.73. The molecule has 0 aliphatic carbocycles. The highest BCUT2D eigenvalue weighted by atomic mass is 16.5. The van der Waals surface area contributed by atoms with Crippen molar-refractivity contribution in [3.8, 4) is 11.5 Å². The van der Waals surface area contributed by atoms with Gasteiger partial charge in [0.15, 0.2) is 5.75 Å². The van der Waals surface area contributed by atoms with Crippen LogP contribution in [0.1, 0.15) is 10.6 Å². The summed E-state index contributed by atoms with van der Waals surface area (Å²) in [6, 6.07) is 16.1. The van der Waals surface area contributed by atoms with Gasteiger partial charge in [0.05, 0.1) is 5.39 Å². The Labute approximate surface area is 108 Å². The number of rotatable bonds is 3. The summed E-state index contributed by atoms with van der Waals surface area (Å²) in [5, 5.41) is 9.81. The van der Waals surface area contributed by atoms with Gasteiger partial charge in [-0.3, -0.25) is 0 Å². The number of carbonyl (C=O) groups is 1. The van der Waals surface area contributed by atoms with Gasteiger partial charge in [0.1, 0.15) is 11.3 Å². The Morgan fingerprint density at radius 1 is 1.00 bits per heavy atom. The molecule has 0 saturated carbocycles. The lowest BCUT2D eigenvalue weighted by atomic mass is 10.2. The van der Waals surface area contributed by atoms with Crippen molar-refractivity contribution in [2.75, 3.05) is 0 Å². The third-order valence-electron chi connectivity index (χ3n) is 2.71. The second kappa shape index (κ2) is 4.49. The van der Waals surface area contributed by atoms with Gasteiger partial charge in [-0.2, -0.15) is 0 Å². The van der Waals surface area contributed by atoms with Crippen molar-refractivity contribution in [3.63, 3.8) is 0 Å². The fourth-order valence-corrected chi connectivity index (χ4v) is 1.87. The number of carboxylic acid groups (broad SMARTS) is 1. The van der Waals surface area contributed by atoms with Crippen LogP contribution in [0.3, 0.4) is 0 Å². The van der Waals surface area contributed by atoms with Gasteiger partial charge in [-0.1, -0.05) is 30.3 Å². The highest BCUT2D eigenvalue weighted by molar-refractivity contribution is 5.98. The van der Waals surface area contributed by atoms with Crippen molar-refractivity contribution >= 4 is 16.9 Å². The molecule has 0 fully saturated rings. The molecule has 1 aromatic heterocycles. The average molecular weight is 254 g/mol. The van der Waals surface area contributed by atoms with E-state index in [1.165, 1.54) is 0 Å². The molecule has 0 aliphatic heterocycles. The third kappa shape index (κ3) is 2.04. The number of hydrogen-bond donors (Lipinski definition) is 1. The zero-order chi connectivity index (χ0) is 13.2. The van der Waals surface area contributed by atoms with Gasteiger partial charge in [0, 0.05) is 0 Å². The molecule has 1 N–H and O–H groups in total. The summed E-state index contributed by atoms with van der Waals surface area (Å²) in [7, 11) is 0. The summed E-state index contributed by atoms with van der Waals surface area (Å²) < 4.78 is 11.0. The van der Waals surface area contributed by atoms with Crippen molar-refractivity contribution in [3.05, 3.63) is 60.4 Å². The fourth-order valence-electron chi connectivity index (χ4n) is 1.87. The Kier molecular flexibility index (Phi) is 2.68. The third-order valence-corrected chi connectivity index (χ3v) is 2.71. The van der Waals surface area contributed by atoms with Crippen molar-refractivity contribution in [2.24, 2.45) is 0 Å². The molecule has 94 valence electrons. The van der Waals surface area contributed by atoms with E-state index in [1.54, 1.807) is 36.4 Å². The second-order valence-corrected chi connectivity index (χ2v) is 3.98. The van der Waals surface area contributed by atoms with Gasteiger partial charge >= 0.3 is 5.97 Å². The maximum Gasteiger partial charge on any atom is 0.375 e. The minimum Gasteiger partial charge on any atom is -0.475 e. The van der Waals surface area contributed by atoms with Crippen molar-refractivity contribution in [1.82, 2.24) is 0 Å². The lowest BCUT2D eigenvalue weighted by molar-refractivity contribution is 0.0661. The number of benzene rings is 2. The van der Waals surface area contributed by atoms with E-state index in [4.69, 9.17) is 9.15 Å². The molecular formula is C15H10O4. The van der Waals surface area contributed by atoms with Crippen LogP contribution in [0.2, 0.25) is 0 Å². The Morgan fingerprint density at radius 2 is 1.68 bits per heavy atom. The number of fused-ring (bicyclic) bond motifs is 1. The van der Waals surface area contributed by atoms with Gasteiger partial charge in [0.2, 0.25) is 0 Å². The molecule has 0 amide bonds. The molecule has 0 radical (unpaired) electrons. The summed E-state index contributed by atoms with van der Waals surface area (Å²) in [6.45, 7) is 0. The van der Waals surface area contributed by atoms with Crippen molar-refractivity contribution in [1.29, 1.82) is 0 Å². The quantitative estimate of drug-likeness (QED) is 0.769. The van der Waals surface area contributed by atoms with Crippen LogP contribution in [-0.2, 0) is 0 Å². The first-order chi connectivity index (χ1) is 9.25. The Bertz CT molecular complexity index is 728. The van der Waals surface area contributed by atoms with Gasteiger partial charge in [-0.25, -0.2) is 4.79 Å². The van der Waals surface area contributed by atoms with Crippen LogP contribution in [0.5, 0.6) is 11.5 Å². The lowest BCUT2D eigenvalue weighted by Crippen LogP contribution is -1.96. The molecule has 3 aromatic rings. The van der Waals surface area contributed by atoms with Crippen molar-refractivity contribution < 1.29 is 19.1 Å². The van der Waals surface area contributed by atoms with Gasteiger partial charge in [-0.15, -0.1) is 0 Å². The van der Waals surface area contributed by atoms with E-state index in [9.17, 15) is 9.90 Å². The molecule has 19 heavy (non-hydrogen) atoms. The van der Waals surface area contributed by atoms with E-state index >= 15 is 0 Å². The van der Waals surface area contributed by atoms with E-state index in [-0.39, 0.29) is 11.5 Å². The molecule has 2 aromatic carbocycles. The number of ether oxygens (including phenoxy) is 1. The first-order valence-corrected chi connectivity index (χ1v) is 5.73. The predicted molar refractivity (Wildman–Crippen MR) is 69.7 cm³/mol. The van der Waals surface area contributed by atoms with E-state index in [1.807, 2.05) is 18.2 Å². The molecule has 3 rings (SSSR count). The highest BCUT2D eigenvalue weighted by Gasteiger charge is 2.21. The molecule has 0 spiro atoms. The van der Waals surface area contributed by atoms with Crippen LogP contribution in [0.25, 0.3) is 11.0 Å². The molecule has 4 nitrogen and oxygen atoms in total. The number of aromatic carboxylic acids is 1. The first kappa shape index (κ1) is 11.3. The normalized spacial score (nSPS) is 10.5. The smallest absolute Gasteiger partial charge is 0.375 e. The Balaban J connectivity index is 2.15. The number of carboxylic acids is 1. The van der Waals surface area contributed by atoms with Crippen LogP contribution >= 0.6 is 0 Å². The Morgan fingerprint density at radius 3 is 2.42 bits per heavy atom.